The van der Waals surface area contributed by atoms with Crippen LogP contribution in [0.3, 0.4) is 0 Å². The fourth-order valence-corrected chi connectivity index (χ4v) is 3.50. The van der Waals surface area contributed by atoms with E-state index in [9.17, 15) is 13.2 Å². The van der Waals surface area contributed by atoms with Crippen molar-refractivity contribution in [1.82, 2.24) is 5.32 Å². The van der Waals surface area contributed by atoms with E-state index in [0.29, 0.717) is 12.3 Å². The number of benzene rings is 2. The quantitative estimate of drug-likeness (QED) is 0.697. The molecule has 0 fully saturated rings. The van der Waals surface area contributed by atoms with Crippen molar-refractivity contribution in [2.45, 2.75) is 33.2 Å². The van der Waals surface area contributed by atoms with E-state index < -0.39 is 10.0 Å². The number of carbonyl (C=O) groups is 1. The zero-order valence-electron chi connectivity index (χ0n) is 16.8. The molecule has 0 saturated carbocycles. The summed E-state index contributed by atoms with van der Waals surface area (Å²) in [5.74, 6) is 0.338. The average Bonchev–Trinajstić information content (AvgIpc) is 2.65. The molecule has 1 atom stereocenters. The Hall–Kier alpha value is -2.54. The van der Waals surface area contributed by atoms with Crippen molar-refractivity contribution in [1.29, 1.82) is 0 Å². The average molecular weight is 405 g/mol. The first kappa shape index (κ1) is 21.8. The Labute approximate surface area is 167 Å². The Morgan fingerprint density at radius 1 is 1.11 bits per heavy atom. The first-order valence-corrected chi connectivity index (χ1v) is 11.1. The maximum Gasteiger partial charge on any atom is 0.241 e. The molecule has 2 aromatic rings. The van der Waals surface area contributed by atoms with Gasteiger partial charge in [-0.1, -0.05) is 36.8 Å². The zero-order chi connectivity index (χ0) is 20.7. The highest BCUT2D eigenvalue weighted by Crippen LogP contribution is 2.18. The summed E-state index contributed by atoms with van der Waals surface area (Å²) in [6.45, 7) is 5.85. The van der Waals surface area contributed by atoms with Gasteiger partial charge in [-0.05, 0) is 50.1 Å². The normalized spacial score (nSPS) is 12.3. The number of carbonyl (C=O) groups excluding carboxylic acids is 1. The third kappa shape index (κ3) is 6.56. The van der Waals surface area contributed by atoms with Crippen molar-refractivity contribution < 1.29 is 17.9 Å². The predicted molar refractivity (Wildman–Crippen MR) is 112 cm³/mol. The summed E-state index contributed by atoms with van der Waals surface area (Å²) in [5, 5.41) is 2.79. The van der Waals surface area contributed by atoms with Crippen LogP contribution in [0.25, 0.3) is 0 Å². The van der Waals surface area contributed by atoms with Crippen LogP contribution in [-0.4, -0.2) is 39.8 Å². The molecule has 0 aliphatic heterocycles. The van der Waals surface area contributed by atoms with E-state index in [1.807, 2.05) is 57.2 Å². The minimum Gasteiger partial charge on any atom is -0.491 e. The minimum atomic E-state index is -3.59. The van der Waals surface area contributed by atoms with Crippen LogP contribution in [0.2, 0.25) is 0 Å². The first-order chi connectivity index (χ1) is 13.2. The lowest BCUT2D eigenvalue weighted by atomic mass is 10.1. The first-order valence-electron chi connectivity index (χ1n) is 9.24. The van der Waals surface area contributed by atoms with Crippen LogP contribution in [0.5, 0.6) is 5.75 Å². The van der Waals surface area contributed by atoms with Crippen LogP contribution < -0.4 is 14.4 Å². The van der Waals surface area contributed by atoms with Gasteiger partial charge < -0.3 is 10.1 Å². The molecule has 0 radical (unpaired) electrons. The molecule has 1 amide bonds. The maximum atomic E-state index is 12.4. The van der Waals surface area contributed by atoms with Crippen molar-refractivity contribution in [3.05, 3.63) is 59.7 Å². The zero-order valence-corrected chi connectivity index (χ0v) is 17.6. The summed E-state index contributed by atoms with van der Waals surface area (Å²) in [7, 11) is -3.59. The fraction of sp³-hybridized carbons (Fsp3) is 0.381. The molecule has 2 rings (SSSR count). The van der Waals surface area contributed by atoms with Gasteiger partial charge in [0.15, 0.2) is 0 Å². The summed E-state index contributed by atoms with van der Waals surface area (Å²) < 4.78 is 31.1. The monoisotopic (exact) mass is 404 g/mol. The second-order valence-corrected chi connectivity index (χ2v) is 8.79. The molecule has 1 N–H and O–H groups in total. The van der Waals surface area contributed by atoms with Crippen molar-refractivity contribution in [2.24, 2.45) is 0 Å². The van der Waals surface area contributed by atoms with E-state index in [2.05, 4.69) is 5.32 Å². The second kappa shape index (κ2) is 9.59. The topological polar surface area (TPSA) is 75.7 Å². The van der Waals surface area contributed by atoms with Gasteiger partial charge in [-0.2, -0.15) is 0 Å². The smallest absolute Gasteiger partial charge is 0.241 e. The summed E-state index contributed by atoms with van der Waals surface area (Å²) in [6, 6.07) is 14.5. The lowest BCUT2D eigenvalue weighted by Crippen LogP contribution is -2.44. The molecule has 0 spiro atoms. The third-order valence-corrected chi connectivity index (χ3v) is 5.39. The number of aryl methyl sites for hydroxylation is 2. The molecule has 152 valence electrons. The number of ether oxygens (including phenoxy) is 1. The number of anilines is 1. The van der Waals surface area contributed by atoms with E-state index in [1.165, 1.54) is 0 Å². The van der Waals surface area contributed by atoms with E-state index in [-0.39, 0.29) is 18.5 Å². The second-order valence-electron chi connectivity index (χ2n) is 6.88. The Morgan fingerprint density at radius 2 is 1.71 bits per heavy atom. The lowest BCUT2D eigenvalue weighted by Gasteiger charge is -2.23. The predicted octanol–water partition coefficient (Wildman–Crippen LogP) is 2.91. The van der Waals surface area contributed by atoms with E-state index >= 15 is 0 Å². The summed E-state index contributed by atoms with van der Waals surface area (Å²) in [6.07, 6.45) is 1.95. The highest BCUT2D eigenvalue weighted by Gasteiger charge is 2.21. The molecule has 6 nitrogen and oxygen atoms in total. The molecule has 28 heavy (non-hydrogen) atoms. The number of rotatable bonds is 9. The lowest BCUT2D eigenvalue weighted by molar-refractivity contribution is -0.120. The van der Waals surface area contributed by atoms with Gasteiger partial charge in [-0.15, -0.1) is 0 Å². The fourth-order valence-electron chi connectivity index (χ4n) is 2.65. The van der Waals surface area contributed by atoms with Crippen LogP contribution >= 0.6 is 0 Å². The Bertz CT molecular complexity index is 878. The van der Waals surface area contributed by atoms with E-state index in [1.54, 1.807) is 12.1 Å². The number of hydrogen-bond acceptors (Lipinski definition) is 4. The van der Waals surface area contributed by atoms with Crippen LogP contribution in [0.15, 0.2) is 48.5 Å². The number of sulfonamides is 1. The Morgan fingerprint density at radius 3 is 2.25 bits per heavy atom. The molecule has 0 aliphatic carbocycles. The molecule has 0 heterocycles. The van der Waals surface area contributed by atoms with Gasteiger partial charge in [-0.3, -0.25) is 9.10 Å². The molecule has 0 bridgehead atoms. The van der Waals surface area contributed by atoms with E-state index in [4.69, 9.17) is 4.74 Å². The van der Waals surface area contributed by atoms with Crippen molar-refractivity contribution in [3.8, 4) is 5.75 Å². The molecule has 0 unspecified atom stereocenters. The highest BCUT2D eigenvalue weighted by molar-refractivity contribution is 7.92. The molecule has 7 heteroatoms. The number of amides is 1. The molecule has 0 aliphatic rings. The maximum absolute atomic E-state index is 12.4. The van der Waals surface area contributed by atoms with Gasteiger partial charge in [0.2, 0.25) is 15.9 Å². The summed E-state index contributed by atoms with van der Waals surface area (Å²) in [4.78, 5) is 12.4. The highest BCUT2D eigenvalue weighted by atomic mass is 32.2. The van der Waals surface area contributed by atoms with Crippen molar-refractivity contribution in [2.75, 3.05) is 23.7 Å². The molecule has 0 aromatic heterocycles. The largest absolute Gasteiger partial charge is 0.491 e. The van der Waals surface area contributed by atoms with Crippen molar-refractivity contribution in [3.63, 3.8) is 0 Å². The Kier molecular flexibility index (Phi) is 7.45. The van der Waals surface area contributed by atoms with Crippen LogP contribution in [0.4, 0.5) is 5.69 Å². The SMILES string of the molecule is CCc1ccc(N(CC(=O)N[C@@H](C)COc2ccc(C)cc2)S(C)(=O)=O)cc1. The van der Waals surface area contributed by atoms with Crippen LogP contribution in [0, 0.1) is 6.92 Å². The molecule has 2 aromatic carbocycles. The Balaban J connectivity index is 1.95. The number of nitrogens with zero attached hydrogens (tertiary/aromatic N) is 1. The third-order valence-electron chi connectivity index (χ3n) is 4.25. The van der Waals surface area contributed by atoms with Gasteiger partial charge in [-0.25, -0.2) is 8.42 Å². The summed E-state index contributed by atoms with van der Waals surface area (Å²) in [5.41, 5.74) is 2.71. The van der Waals surface area contributed by atoms with Gasteiger partial charge in [0.05, 0.1) is 18.0 Å². The standard InChI is InChI=1S/C21H28N2O4S/c1-5-18-8-10-19(11-9-18)23(28(4,25)26)14-21(24)22-17(3)15-27-20-12-6-16(2)7-13-20/h6-13,17H,5,14-15H2,1-4H3,(H,22,24)/t17-/m0/s1. The van der Waals surface area contributed by atoms with Gasteiger partial charge in [0, 0.05) is 0 Å². The van der Waals surface area contributed by atoms with Crippen molar-refractivity contribution >= 4 is 21.6 Å². The number of nitrogens with one attached hydrogen (secondary N) is 1. The molecular weight excluding hydrogens is 376 g/mol. The van der Waals surface area contributed by atoms with E-state index in [0.717, 1.165) is 33.9 Å². The van der Waals surface area contributed by atoms with Crippen LogP contribution in [-0.2, 0) is 21.2 Å². The van der Waals surface area contributed by atoms with Gasteiger partial charge in [0.25, 0.3) is 0 Å². The minimum absolute atomic E-state index is 0.266. The van der Waals surface area contributed by atoms with Gasteiger partial charge in [0.1, 0.15) is 18.9 Å². The van der Waals surface area contributed by atoms with Crippen LogP contribution in [0.1, 0.15) is 25.0 Å². The van der Waals surface area contributed by atoms with Gasteiger partial charge >= 0.3 is 0 Å². The molecular formula is C21H28N2O4S. The number of hydrogen-bond donors (Lipinski definition) is 1. The summed E-state index contributed by atoms with van der Waals surface area (Å²) >= 11 is 0. The molecule has 0 saturated heterocycles.